The molecule has 32 heavy (non-hydrogen) atoms. The molecule has 0 amide bonds. The summed E-state index contributed by atoms with van der Waals surface area (Å²) in [4.78, 5) is 4.43. The highest BCUT2D eigenvalue weighted by molar-refractivity contribution is 5.59. The minimum Gasteiger partial charge on any atom is -0.460 e. The number of hydrogen-bond acceptors (Lipinski definition) is 7. The van der Waals surface area contributed by atoms with Crippen LogP contribution >= 0.6 is 0 Å². The average Bonchev–Trinajstić information content (AvgIpc) is 3.21. The van der Waals surface area contributed by atoms with Crippen LogP contribution < -0.4 is 10.1 Å². The van der Waals surface area contributed by atoms with E-state index >= 15 is 0 Å². The molecule has 9 heteroatoms. The normalized spacial score (nSPS) is 12.2. The fourth-order valence-electron chi connectivity index (χ4n) is 2.88. The molecule has 1 aromatic heterocycles. The van der Waals surface area contributed by atoms with Crippen LogP contribution in [-0.4, -0.2) is 65.6 Å². The van der Waals surface area contributed by atoms with E-state index in [0.717, 1.165) is 11.4 Å². The van der Waals surface area contributed by atoms with Crippen molar-refractivity contribution >= 4 is 5.69 Å². The van der Waals surface area contributed by atoms with Crippen molar-refractivity contribution in [2.75, 3.05) is 38.8 Å². The standard InChI is InChI=1S/C23H29FN4O4/c1-16(2)32-15-21(29)14-25-19-7-9-20(10-8-19)28-22(17-5-4-6-18(24)13-17)26-23(27-28)31-12-11-30-3/h4-10,13,16,21,25,29H,11-12,14-15H2,1-3H3. The number of nitrogens with zero attached hydrogens (tertiary/aromatic N) is 3. The van der Waals surface area contributed by atoms with Gasteiger partial charge in [0.05, 0.1) is 31.1 Å². The van der Waals surface area contributed by atoms with E-state index in [9.17, 15) is 9.50 Å². The molecule has 0 saturated carbocycles. The highest BCUT2D eigenvalue weighted by Gasteiger charge is 2.15. The molecule has 0 saturated heterocycles. The lowest BCUT2D eigenvalue weighted by atomic mass is 10.2. The van der Waals surface area contributed by atoms with Gasteiger partial charge in [-0.15, -0.1) is 5.10 Å². The summed E-state index contributed by atoms with van der Waals surface area (Å²) < 4.78 is 31.4. The molecule has 1 heterocycles. The van der Waals surface area contributed by atoms with Gasteiger partial charge in [0.15, 0.2) is 5.82 Å². The minimum absolute atomic E-state index is 0.0715. The molecule has 0 radical (unpaired) electrons. The van der Waals surface area contributed by atoms with E-state index in [1.807, 2.05) is 38.1 Å². The summed E-state index contributed by atoms with van der Waals surface area (Å²) in [5.74, 6) is 0.0948. The molecule has 2 N–H and O–H groups in total. The van der Waals surface area contributed by atoms with E-state index in [1.54, 1.807) is 23.9 Å². The molecule has 0 bridgehead atoms. The largest absolute Gasteiger partial charge is 0.460 e. The van der Waals surface area contributed by atoms with Crippen molar-refractivity contribution in [2.24, 2.45) is 0 Å². The monoisotopic (exact) mass is 444 g/mol. The minimum atomic E-state index is -0.612. The number of rotatable bonds is 12. The summed E-state index contributed by atoms with van der Waals surface area (Å²) >= 11 is 0. The lowest BCUT2D eigenvalue weighted by Crippen LogP contribution is -2.26. The molecule has 1 unspecified atom stereocenters. The van der Waals surface area contributed by atoms with Crippen LogP contribution in [0.25, 0.3) is 17.1 Å². The number of anilines is 1. The van der Waals surface area contributed by atoms with Gasteiger partial charge in [0, 0.05) is 24.9 Å². The maximum atomic E-state index is 13.8. The third kappa shape index (κ3) is 6.74. The topological polar surface area (TPSA) is 90.7 Å². The van der Waals surface area contributed by atoms with Gasteiger partial charge in [-0.05, 0) is 50.2 Å². The molecular formula is C23H29FN4O4. The third-order valence-corrected chi connectivity index (χ3v) is 4.46. The second-order valence-electron chi connectivity index (χ2n) is 7.45. The van der Waals surface area contributed by atoms with Crippen LogP contribution in [0.15, 0.2) is 48.5 Å². The predicted octanol–water partition coefficient (Wildman–Crippen LogP) is 3.30. The van der Waals surface area contributed by atoms with E-state index in [4.69, 9.17) is 14.2 Å². The zero-order chi connectivity index (χ0) is 22.9. The number of aliphatic hydroxyl groups excluding tert-OH is 1. The molecular weight excluding hydrogens is 415 g/mol. The summed E-state index contributed by atoms with van der Waals surface area (Å²) in [5.41, 5.74) is 2.14. The van der Waals surface area contributed by atoms with Gasteiger partial charge >= 0.3 is 6.01 Å². The maximum Gasteiger partial charge on any atom is 0.336 e. The number of methoxy groups -OCH3 is 1. The molecule has 172 valence electrons. The van der Waals surface area contributed by atoms with Gasteiger partial charge in [-0.1, -0.05) is 12.1 Å². The van der Waals surface area contributed by atoms with Crippen molar-refractivity contribution in [1.82, 2.24) is 14.8 Å². The first-order valence-electron chi connectivity index (χ1n) is 10.4. The van der Waals surface area contributed by atoms with E-state index in [1.165, 1.54) is 12.1 Å². The SMILES string of the molecule is COCCOc1nc(-c2cccc(F)c2)n(-c2ccc(NCC(O)COC(C)C)cc2)n1. The van der Waals surface area contributed by atoms with Gasteiger partial charge in [-0.3, -0.25) is 0 Å². The molecule has 2 aromatic carbocycles. The van der Waals surface area contributed by atoms with Gasteiger partial charge in [-0.25, -0.2) is 9.07 Å². The Balaban J connectivity index is 1.76. The first-order chi connectivity index (χ1) is 15.5. The highest BCUT2D eigenvalue weighted by Crippen LogP contribution is 2.25. The predicted molar refractivity (Wildman–Crippen MR) is 120 cm³/mol. The van der Waals surface area contributed by atoms with Crippen LogP contribution in [0.3, 0.4) is 0 Å². The van der Waals surface area contributed by atoms with E-state index in [2.05, 4.69) is 15.4 Å². The van der Waals surface area contributed by atoms with Gasteiger partial charge < -0.3 is 24.6 Å². The number of ether oxygens (including phenoxy) is 3. The van der Waals surface area contributed by atoms with Crippen LogP contribution in [0.4, 0.5) is 10.1 Å². The Morgan fingerprint density at radius 2 is 1.91 bits per heavy atom. The number of hydrogen-bond donors (Lipinski definition) is 2. The molecule has 3 rings (SSSR count). The first-order valence-corrected chi connectivity index (χ1v) is 10.4. The zero-order valence-corrected chi connectivity index (χ0v) is 18.5. The fourth-order valence-corrected chi connectivity index (χ4v) is 2.88. The van der Waals surface area contributed by atoms with Crippen molar-refractivity contribution in [3.63, 3.8) is 0 Å². The van der Waals surface area contributed by atoms with Crippen LogP contribution in [0, 0.1) is 5.82 Å². The van der Waals surface area contributed by atoms with Crippen LogP contribution in [0.5, 0.6) is 6.01 Å². The van der Waals surface area contributed by atoms with Crippen molar-refractivity contribution in [1.29, 1.82) is 0 Å². The Hall–Kier alpha value is -3.01. The molecule has 0 aliphatic carbocycles. The number of benzene rings is 2. The fraction of sp³-hybridized carbons (Fsp3) is 0.391. The third-order valence-electron chi connectivity index (χ3n) is 4.46. The molecule has 0 fully saturated rings. The van der Waals surface area contributed by atoms with Crippen LogP contribution in [0.1, 0.15) is 13.8 Å². The summed E-state index contributed by atoms with van der Waals surface area (Å²) in [6.45, 7) is 5.18. The van der Waals surface area contributed by atoms with Crippen LogP contribution in [0.2, 0.25) is 0 Å². The van der Waals surface area contributed by atoms with Gasteiger partial charge in [0.2, 0.25) is 0 Å². The maximum absolute atomic E-state index is 13.8. The molecule has 8 nitrogen and oxygen atoms in total. The Morgan fingerprint density at radius 3 is 2.59 bits per heavy atom. The van der Waals surface area contributed by atoms with Crippen molar-refractivity contribution < 1.29 is 23.7 Å². The van der Waals surface area contributed by atoms with Gasteiger partial charge in [0.25, 0.3) is 0 Å². The molecule has 0 aliphatic rings. The zero-order valence-electron chi connectivity index (χ0n) is 18.5. The Bertz CT molecular complexity index is 978. The highest BCUT2D eigenvalue weighted by atomic mass is 19.1. The van der Waals surface area contributed by atoms with Gasteiger partial charge in [0.1, 0.15) is 12.4 Å². The van der Waals surface area contributed by atoms with Crippen molar-refractivity contribution in [3.8, 4) is 23.1 Å². The summed E-state index contributed by atoms with van der Waals surface area (Å²) in [7, 11) is 1.58. The second-order valence-corrected chi connectivity index (χ2v) is 7.45. The number of aliphatic hydroxyl groups is 1. The average molecular weight is 445 g/mol. The quantitative estimate of drug-likeness (QED) is 0.414. The first kappa shape index (κ1) is 23.6. The molecule has 0 spiro atoms. The van der Waals surface area contributed by atoms with E-state index in [0.29, 0.717) is 31.1 Å². The van der Waals surface area contributed by atoms with Crippen molar-refractivity contribution in [3.05, 3.63) is 54.3 Å². The lowest BCUT2D eigenvalue weighted by Gasteiger charge is -2.15. The van der Waals surface area contributed by atoms with E-state index < -0.39 is 6.10 Å². The Kier molecular flexibility index (Phi) is 8.55. The molecule has 3 aromatic rings. The van der Waals surface area contributed by atoms with Crippen LogP contribution in [-0.2, 0) is 9.47 Å². The molecule has 1 atom stereocenters. The van der Waals surface area contributed by atoms with E-state index in [-0.39, 0.29) is 24.5 Å². The number of aromatic nitrogens is 3. The smallest absolute Gasteiger partial charge is 0.336 e. The lowest BCUT2D eigenvalue weighted by molar-refractivity contribution is 0.0112. The summed E-state index contributed by atoms with van der Waals surface area (Å²) in [6.07, 6.45) is -0.541. The summed E-state index contributed by atoms with van der Waals surface area (Å²) in [6, 6.07) is 13.8. The van der Waals surface area contributed by atoms with Gasteiger partial charge in [-0.2, -0.15) is 4.98 Å². The van der Waals surface area contributed by atoms with Crippen molar-refractivity contribution in [2.45, 2.75) is 26.1 Å². The molecule has 0 aliphatic heterocycles. The number of nitrogens with one attached hydrogen (secondary N) is 1. The Labute approximate surface area is 187 Å². The Morgan fingerprint density at radius 1 is 1.12 bits per heavy atom. The second kappa shape index (κ2) is 11.6. The number of halogens is 1. The summed E-state index contributed by atoms with van der Waals surface area (Å²) in [5, 5.41) is 17.6.